The van der Waals surface area contributed by atoms with Crippen LogP contribution in [0.4, 0.5) is 0 Å². The van der Waals surface area contributed by atoms with Gasteiger partial charge in [-0.2, -0.15) is 5.26 Å². The highest BCUT2D eigenvalue weighted by Crippen LogP contribution is 2.24. The molecule has 0 aliphatic rings. The Morgan fingerprint density at radius 2 is 2.00 bits per heavy atom. The number of rotatable bonds is 1. The summed E-state index contributed by atoms with van der Waals surface area (Å²) in [6.45, 7) is 4.26. The van der Waals surface area contributed by atoms with E-state index in [0.29, 0.717) is 11.6 Å². The van der Waals surface area contributed by atoms with Gasteiger partial charge in [0.15, 0.2) is 0 Å². The van der Waals surface area contributed by atoms with Gasteiger partial charge in [-0.15, -0.1) is 0 Å². The molecule has 2 aromatic rings. The van der Waals surface area contributed by atoms with Crippen molar-refractivity contribution in [3.8, 4) is 6.07 Å². The topological polar surface area (TPSA) is 36.7 Å². The molecule has 15 heavy (non-hydrogen) atoms. The van der Waals surface area contributed by atoms with E-state index in [1.54, 1.807) is 0 Å². The first-order valence-electron chi connectivity index (χ1n) is 5.02. The number of nitrogens with zero attached hydrogens (tertiary/aromatic N) is 2. The molecule has 1 aromatic heterocycles. The lowest BCUT2D eigenvalue weighted by Crippen LogP contribution is -1.94. The number of benzene rings is 1. The minimum absolute atomic E-state index is 0.407. The van der Waals surface area contributed by atoms with Gasteiger partial charge in [-0.25, -0.2) is 4.98 Å². The first-order chi connectivity index (χ1) is 7.22. The van der Waals surface area contributed by atoms with Crippen molar-refractivity contribution < 1.29 is 0 Å². The van der Waals surface area contributed by atoms with Gasteiger partial charge >= 0.3 is 0 Å². The Kier molecular flexibility index (Phi) is 2.39. The van der Waals surface area contributed by atoms with E-state index in [4.69, 9.17) is 5.26 Å². The molecule has 0 unspecified atom stereocenters. The maximum absolute atomic E-state index is 8.89. The van der Waals surface area contributed by atoms with Gasteiger partial charge in [0.05, 0.1) is 5.52 Å². The molecule has 0 amide bonds. The Hall–Kier alpha value is -1.88. The molecule has 0 radical (unpaired) electrons. The van der Waals surface area contributed by atoms with Gasteiger partial charge in [-0.05, 0) is 23.6 Å². The maximum atomic E-state index is 8.89. The average Bonchev–Trinajstić information content (AvgIpc) is 2.27. The molecule has 1 heterocycles. The molecule has 0 N–H and O–H groups in total. The van der Waals surface area contributed by atoms with E-state index in [-0.39, 0.29) is 0 Å². The van der Waals surface area contributed by atoms with Crippen LogP contribution >= 0.6 is 0 Å². The van der Waals surface area contributed by atoms with Crippen molar-refractivity contribution in [3.05, 3.63) is 41.6 Å². The number of aromatic nitrogens is 1. The molecule has 0 aliphatic heterocycles. The summed E-state index contributed by atoms with van der Waals surface area (Å²) in [7, 11) is 0. The normalized spacial score (nSPS) is 10.5. The van der Waals surface area contributed by atoms with E-state index in [2.05, 4.69) is 31.0 Å². The standard InChI is InChI=1S/C13H12N2/c1-9(2)12-7-10(8-14)15-13-6-4-3-5-11(12)13/h3-7,9H,1-2H3. The van der Waals surface area contributed by atoms with Gasteiger partial charge in [0.25, 0.3) is 0 Å². The number of para-hydroxylation sites is 1. The highest BCUT2D eigenvalue weighted by molar-refractivity contribution is 5.83. The molecule has 2 rings (SSSR count). The zero-order valence-electron chi connectivity index (χ0n) is 8.86. The minimum atomic E-state index is 0.407. The highest BCUT2D eigenvalue weighted by Gasteiger charge is 2.07. The summed E-state index contributed by atoms with van der Waals surface area (Å²) in [5.41, 5.74) is 2.59. The van der Waals surface area contributed by atoms with Crippen LogP contribution in [0.3, 0.4) is 0 Å². The molecule has 0 saturated carbocycles. The Morgan fingerprint density at radius 1 is 1.27 bits per heavy atom. The van der Waals surface area contributed by atoms with E-state index in [0.717, 1.165) is 10.9 Å². The fourth-order valence-electron chi connectivity index (χ4n) is 1.74. The third-order valence-electron chi connectivity index (χ3n) is 2.48. The number of nitriles is 1. The zero-order valence-corrected chi connectivity index (χ0v) is 8.86. The Morgan fingerprint density at radius 3 is 2.67 bits per heavy atom. The molecule has 0 atom stereocenters. The summed E-state index contributed by atoms with van der Waals surface area (Å²) in [5.74, 6) is 0.407. The van der Waals surface area contributed by atoms with Crippen LogP contribution in [0.15, 0.2) is 30.3 Å². The molecular weight excluding hydrogens is 184 g/mol. The first-order valence-corrected chi connectivity index (χ1v) is 5.02. The van der Waals surface area contributed by atoms with Gasteiger partial charge in [-0.3, -0.25) is 0 Å². The number of fused-ring (bicyclic) bond motifs is 1. The van der Waals surface area contributed by atoms with Crippen LogP contribution in [-0.4, -0.2) is 4.98 Å². The molecule has 0 bridgehead atoms. The number of hydrogen-bond acceptors (Lipinski definition) is 2. The third kappa shape index (κ3) is 1.69. The van der Waals surface area contributed by atoms with Crippen molar-refractivity contribution in [1.82, 2.24) is 4.98 Å². The predicted octanol–water partition coefficient (Wildman–Crippen LogP) is 3.23. The summed E-state index contributed by atoms with van der Waals surface area (Å²) in [6, 6.07) is 11.9. The number of hydrogen-bond donors (Lipinski definition) is 0. The van der Waals surface area contributed by atoms with Crippen molar-refractivity contribution in [2.45, 2.75) is 19.8 Å². The second-order valence-corrected chi connectivity index (χ2v) is 3.88. The average molecular weight is 196 g/mol. The zero-order chi connectivity index (χ0) is 10.8. The van der Waals surface area contributed by atoms with Crippen LogP contribution in [0.25, 0.3) is 10.9 Å². The van der Waals surface area contributed by atoms with Gasteiger partial charge < -0.3 is 0 Å². The largest absolute Gasteiger partial charge is 0.237 e. The lowest BCUT2D eigenvalue weighted by molar-refractivity contribution is 0.873. The summed E-state index contributed by atoms with van der Waals surface area (Å²) in [5, 5.41) is 10.0. The fraction of sp³-hybridized carbons (Fsp3) is 0.231. The molecule has 0 spiro atoms. The molecule has 1 aromatic carbocycles. The van der Waals surface area contributed by atoms with E-state index in [1.165, 1.54) is 5.56 Å². The molecule has 0 fully saturated rings. The smallest absolute Gasteiger partial charge is 0.141 e. The van der Waals surface area contributed by atoms with Gasteiger partial charge in [-0.1, -0.05) is 32.0 Å². The molecule has 2 nitrogen and oxygen atoms in total. The summed E-state index contributed by atoms with van der Waals surface area (Å²) >= 11 is 0. The van der Waals surface area contributed by atoms with Crippen molar-refractivity contribution >= 4 is 10.9 Å². The summed E-state index contributed by atoms with van der Waals surface area (Å²) < 4.78 is 0. The predicted molar refractivity (Wildman–Crippen MR) is 60.5 cm³/mol. The Bertz CT molecular complexity index is 536. The van der Waals surface area contributed by atoms with Gasteiger partial charge in [0.1, 0.15) is 11.8 Å². The lowest BCUT2D eigenvalue weighted by atomic mass is 9.98. The molecule has 2 heteroatoms. The van der Waals surface area contributed by atoms with Crippen LogP contribution < -0.4 is 0 Å². The SMILES string of the molecule is CC(C)c1cc(C#N)nc2ccccc12. The van der Waals surface area contributed by atoms with Crippen LogP contribution in [0.2, 0.25) is 0 Å². The second-order valence-electron chi connectivity index (χ2n) is 3.88. The number of pyridine rings is 1. The molecular formula is C13H12N2. The quantitative estimate of drug-likeness (QED) is 0.702. The molecule has 0 saturated heterocycles. The monoisotopic (exact) mass is 196 g/mol. The van der Waals surface area contributed by atoms with E-state index in [9.17, 15) is 0 Å². The van der Waals surface area contributed by atoms with Crippen LogP contribution in [0.1, 0.15) is 31.0 Å². The fourth-order valence-corrected chi connectivity index (χ4v) is 1.74. The maximum Gasteiger partial charge on any atom is 0.141 e. The van der Waals surface area contributed by atoms with E-state index in [1.807, 2.05) is 24.3 Å². The Labute approximate surface area is 89.2 Å². The van der Waals surface area contributed by atoms with Crippen LogP contribution in [0.5, 0.6) is 0 Å². The van der Waals surface area contributed by atoms with Crippen molar-refractivity contribution in [2.75, 3.05) is 0 Å². The second kappa shape index (κ2) is 3.70. The molecule has 74 valence electrons. The van der Waals surface area contributed by atoms with E-state index >= 15 is 0 Å². The van der Waals surface area contributed by atoms with Gasteiger partial charge in [0.2, 0.25) is 0 Å². The van der Waals surface area contributed by atoms with Crippen LogP contribution in [-0.2, 0) is 0 Å². The first kappa shape index (κ1) is 9.67. The van der Waals surface area contributed by atoms with Crippen LogP contribution in [0, 0.1) is 11.3 Å². The van der Waals surface area contributed by atoms with Crippen molar-refractivity contribution in [3.63, 3.8) is 0 Å². The minimum Gasteiger partial charge on any atom is -0.237 e. The van der Waals surface area contributed by atoms with Gasteiger partial charge in [0, 0.05) is 5.39 Å². The summed E-state index contributed by atoms with van der Waals surface area (Å²) in [4.78, 5) is 4.28. The molecule has 0 aliphatic carbocycles. The third-order valence-corrected chi connectivity index (χ3v) is 2.48. The van der Waals surface area contributed by atoms with E-state index < -0.39 is 0 Å². The highest BCUT2D eigenvalue weighted by atomic mass is 14.7. The Balaban J connectivity index is 2.82. The van der Waals surface area contributed by atoms with Crippen molar-refractivity contribution in [2.24, 2.45) is 0 Å². The lowest BCUT2D eigenvalue weighted by Gasteiger charge is -2.09. The van der Waals surface area contributed by atoms with Crippen molar-refractivity contribution in [1.29, 1.82) is 5.26 Å². The summed E-state index contributed by atoms with van der Waals surface area (Å²) in [6.07, 6.45) is 0.